The van der Waals surface area contributed by atoms with E-state index >= 15 is 0 Å². The van der Waals surface area contributed by atoms with E-state index in [1.54, 1.807) is 0 Å². The van der Waals surface area contributed by atoms with Crippen molar-refractivity contribution in [1.29, 1.82) is 0 Å². The van der Waals surface area contributed by atoms with Crippen LogP contribution in [0.15, 0.2) is 0 Å². The van der Waals surface area contributed by atoms with Gasteiger partial charge >= 0.3 is 0 Å². The van der Waals surface area contributed by atoms with E-state index in [-0.39, 0.29) is 0 Å². The molecule has 0 aromatic rings. The minimum absolute atomic E-state index is 0.755. The molecule has 0 nitrogen and oxygen atoms in total. The Labute approximate surface area is 59.7 Å². The largest absolute Gasteiger partial charge is 0.0654 e. The smallest absolute Gasteiger partial charge is 0.0174 e. The van der Waals surface area contributed by atoms with Crippen molar-refractivity contribution in [3.05, 3.63) is 6.42 Å². The van der Waals surface area contributed by atoms with Gasteiger partial charge in [-0.2, -0.15) is 0 Å². The molecule has 0 bridgehead atoms. The molecule has 54 valence electrons. The SMILES string of the molecule is C[C]C(CC)CCCC. The van der Waals surface area contributed by atoms with Crippen LogP contribution in [0.1, 0.15) is 46.5 Å². The number of rotatable bonds is 5. The van der Waals surface area contributed by atoms with Crippen LogP contribution in [0.4, 0.5) is 0 Å². The molecule has 1 atom stereocenters. The van der Waals surface area contributed by atoms with E-state index in [0.29, 0.717) is 0 Å². The number of hydrogen-bond acceptors (Lipinski definition) is 0. The average Bonchev–Trinajstić information content (AvgIpc) is 1.91. The number of hydrogen-bond donors (Lipinski definition) is 0. The van der Waals surface area contributed by atoms with E-state index in [2.05, 4.69) is 20.3 Å². The molecule has 0 aromatic carbocycles. The normalized spacial score (nSPS) is 10.7. The highest BCUT2D eigenvalue weighted by Crippen LogP contribution is 2.14. The highest BCUT2D eigenvalue weighted by molar-refractivity contribution is 4.68. The summed E-state index contributed by atoms with van der Waals surface area (Å²) >= 11 is 0. The lowest BCUT2D eigenvalue weighted by Gasteiger charge is -2.08. The zero-order valence-electron chi connectivity index (χ0n) is 6.91. The molecule has 0 aliphatic heterocycles. The minimum atomic E-state index is 0.755. The summed E-state index contributed by atoms with van der Waals surface area (Å²) in [6.07, 6.45) is 8.56. The molecular weight excluding hydrogens is 108 g/mol. The van der Waals surface area contributed by atoms with Crippen LogP contribution in [0.2, 0.25) is 0 Å². The first-order chi connectivity index (χ1) is 4.35. The molecule has 9 heavy (non-hydrogen) atoms. The molecule has 0 rings (SSSR count). The quantitative estimate of drug-likeness (QED) is 0.530. The van der Waals surface area contributed by atoms with Crippen molar-refractivity contribution in [1.82, 2.24) is 0 Å². The third-order valence-corrected chi connectivity index (χ3v) is 1.81. The minimum Gasteiger partial charge on any atom is -0.0654 e. The summed E-state index contributed by atoms with van der Waals surface area (Å²) in [6.45, 7) is 6.52. The monoisotopic (exact) mass is 126 g/mol. The van der Waals surface area contributed by atoms with Crippen molar-refractivity contribution in [2.75, 3.05) is 0 Å². The second kappa shape index (κ2) is 6.12. The van der Waals surface area contributed by atoms with Gasteiger partial charge in [0, 0.05) is 0 Å². The van der Waals surface area contributed by atoms with Gasteiger partial charge in [-0.15, -0.1) is 0 Å². The average molecular weight is 126 g/mol. The summed E-state index contributed by atoms with van der Waals surface area (Å²) in [5, 5.41) is 0. The summed E-state index contributed by atoms with van der Waals surface area (Å²) < 4.78 is 0. The molecule has 0 aliphatic rings. The second-order valence-corrected chi connectivity index (χ2v) is 2.54. The van der Waals surface area contributed by atoms with Gasteiger partial charge in [0.15, 0.2) is 0 Å². The highest BCUT2D eigenvalue weighted by Gasteiger charge is 2.00. The van der Waals surface area contributed by atoms with E-state index in [0.717, 1.165) is 5.92 Å². The molecule has 0 amide bonds. The molecule has 0 saturated carbocycles. The van der Waals surface area contributed by atoms with E-state index < -0.39 is 0 Å². The van der Waals surface area contributed by atoms with Crippen LogP contribution in [-0.2, 0) is 0 Å². The first-order valence-corrected chi connectivity index (χ1v) is 4.02. The van der Waals surface area contributed by atoms with Gasteiger partial charge in [0.2, 0.25) is 0 Å². The van der Waals surface area contributed by atoms with Crippen LogP contribution in [0.3, 0.4) is 0 Å². The zero-order chi connectivity index (χ0) is 7.11. The third-order valence-electron chi connectivity index (χ3n) is 1.81. The predicted molar refractivity (Wildman–Crippen MR) is 42.2 cm³/mol. The van der Waals surface area contributed by atoms with Crippen LogP contribution < -0.4 is 0 Å². The maximum Gasteiger partial charge on any atom is -0.0174 e. The molecule has 0 saturated heterocycles. The number of unbranched alkanes of at least 4 members (excludes halogenated alkanes) is 1. The lowest BCUT2D eigenvalue weighted by atomic mass is 9.97. The molecule has 0 aromatic heterocycles. The first-order valence-electron chi connectivity index (χ1n) is 4.02. The van der Waals surface area contributed by atoms with Crippen molar-refractivity contribution in [2.24, 2.45) is 5.92 Å². The summed E-state index contributed by atoms with van der Waals surface area (Å²) in [6, 6.07) is 0. The summed E-state index contributed by atoms with van der Waals surface area (Å²) in [7, 11) is 0. The van der Waals surface area contributed by atoms with Gasteiger partial charge in [-0.25, -0.2) is 0 Å². The fraction of sp³-hybridized carbons (Fsp3) is 0.889. The Morgan fingerprint density at radius 3 is 2.33 bits per heavy atom. The van der Waals surface area contributed by atoms with Crippen molar-refractivity contribution in [3.63, 3.8) is 0 Å². The van der Waals surface area contributed by atoms with E-state index in [1.807, 2.05) is 6.92 Å². The molecular formula is C9H18. The summed E-state index contributed by atoms with van der Waals surface area (Å²) in [4.78, 5) is 0. The zero-order valence-corrected chi connectivity index (χ0v) is 6.91. The Hall–Kier alpha value is 0. The first kappa shape index (κ1) is 9.00. The highest BCUT2D eigenvalue weighted by atomic mass is 14.1. The second-order valence-electron chi connectivity index (χ2n) is 2.54. The van der Waals surface area contributed by atoms with Gasteiger partial charge < -0.3 is 0 Å². The Kier molecular flexibility index (Phi) is 6.12. The lowest BCUT2D eigenvalue weighted by Crippen LogP contribution is -1.96. The van der Waals surface area contributed by atoms with Gasteiger partial charge in [0.25, 0.3) is 0 Å². The Morgan fingerprint density at radius 2 is 2.00 bits per heavy atom. The lowest BCUT2D eigenvalue weighted by molar-refractivity contribution is 0.510. The maximum absolute atomic E-state index is 3.29. The molecule has 0 heterocycles. The van der Waals surface area contributed by atoms with Crippen molar-refractivity contribution < 1.29 is 0 Å². The Bertz CT molecular complexity index is 44.0. The molecule has 0 heteroatoms. The van der Waals surface area contributed by atoms with Crippen molar-refractivity contribution >= 4 is 0 Å². The van der Waals surface area contributed by atoms with Gasteiger partial charge in [0.1, 0.15) is 0 Å². The maximum atomic E-state index is 3.29. The third kappa shape index (κ3) is 4.50. The van der Waals surface area contributed by atoms with E-state index in [9.17, 15) is 0 Å². The summed E-state index contributed by atoms with van der Waals surface area (Å²) in [5.41, 5.74) is 0. The van der Waals surface area contributed by atoms with Crippen LogP contribution in [0, 0.1) is 12.3 Å². The molecule has 0 spiro atoms. The van der Waals surface area contributed by atoms with Crippen LogP contribution in [0.5, 0.6) is 0 Å². The van der Waals surface area contributed by atoms with Crippen LogP contribution in [-0.4, -0.2) is 0 Å². The molecule has 2 radical (unpaired) electrons. The van der Waals surface area contributed by atoms with Gasteiger partial charge in [0.05, 0.1) is 0 Å². The Balaban J connectivity index is 3.09. The van der Waals surface area contributed by atoms with E-state index in [1.165, 1.54) is 25.7 Å². The topological polar surface area (TPSA) is 0 Å². The van der Waals surface area contributed by atoms with Gasteiger partial charge in [-0.1, -0.05) is 40.0 Å². The standard InChI is InChI=1S/C9H18/c1-4-7-8-9(5-2)6-3/h9H,4-5,7-8H2,1-3H3. The van der Waals surface area contributed by atoms with E-state index in [4.69, 9.17) is 0 Å². The van der Waals surface area contributed by atoms with Gasteiger partial charge in [-0.05, 0) is 18.8 Å². The van der Waals surface area contributed by atoms with Crippen molar-refractivity contribution in [3.8, 4) is 0 Å². The summed E-state index contributed by atoms with van der Waals surface area (Å²) in [5.74, 6) is 0.755. The fourth-order valence-electron chi connectivity index (χ4n) is 1.00. The fourth-order valence-corrected chi connectivity index (χ4v) is 1.00. The predicted octanol–water partition coefficient (Wildman–Crippen LogP) is 3.30. The molecule has 0 N–H and O–H groups in total. The Morgan fingerprint density at radius 1 is 1.33 bits per heavy atom. The van der Waals surface area contributed by atoms with Crippen LogP contribution in [0.25, 0.3) is 0 Å². The molecule has 0 aliphatic carbocycles. The molecule has 1 unspecified atom stereocenters. The van der Waals surface area contributed by atoms with Gasteiger partial charge in [-0.3, -0.25) is 0 Å². The van der Waals surface area contributed by atoms with Crippen molar-refractivity contribution in [2.45, 2.75) is 46.5 Å². The van der Waals surface area contributed by atoms with Crippen LogP contribution >= 0.6 is 0 Å². The molecule has 0 fully saturated rings.